The van der Waals surface area contributed by atoms with Gasteiger partial charge >= 0.3 is 6.09 Å². The third-order valence-corrected chi connectivity index (χ3v) is 6.65. The summed E-state index contributed by atoms with van der Waals surface area (Å²) >= 11 is 12.3. The number of carbonyl (C=O) groups is 2. The Balaban J connectivity index is 1.72. The number of rotatable bonds is 8. The van der Waals surface area contributed by atoms with Gasteiger partial charge in [0.05, 0.1) is 10.7 Å². The minimum absolute atomic E-state index is 0.174. The van der Waals surface area contributed by atoms with Crippen molar-refractivity contribution in [3.8, 4) is 0 Å². The van der Waals surface area contributed by atoms with Crippen LogP contribution in [0.1, 0.15) is 55.1 Å². The van der Waals surface area contributed by atoms with Crippen LogP contribution in [0.5, 0.6) is 0 Å². The van der Waals surface area contributed by atoms with E-state index >= 15 is 0 Å². The Labute approximate surface area is 219 Å². The summed E-state index contributed by atoms with van der Waals surface area (Å²) in [6.45, 7) is 7.24. The number of nitrogens with zero attached hydrogens (tertiary/aromatic N) is 2. The number of aromatic nitrogens is 1. The van der Waals surface area contributed by atoms with Crippen molar-refractivity contribution in [1.29, 1.82) is 0 Å². The molecule has 1 N–H and O–H groups in total. The highest BCUT2D eigenvalue weighted by Crippen LogP contribution is 2.32. The Kier molecular flexibility index (Phi) is 7.97. The molecule has 186 valence electrons. The van der Waals surface area contributed by atoms with E-state index < -0.39 is 6.09 Å². The number of aryl methyl sites for hydroxylation is 1. The predicted octanol–water partition coefficient (Wildman–Crippen LogP) is 7.60. The van der Waals surface area contributed by atoms with Gasteiger partial charge in [-0.2, -0.15) is 0 Å². The highest BCUT2D eigenvalue weighted by atomic mass is 35.5. The molecule has 1 heterocycles. The Morgan fingerprint density at radius 3 is 2.25 bits per heavy atom. The topological polar surface area (TPSA) is 72.7 Å². The van der Waals surface area contributed by atoms with E-state index in [1.54, 1.807) is 25.1 Å². The first-order chi connectivity index (χ1) is 17.3. The first-order valence-electron chi connectivity index (χ1n) is 11.9. The maximum atomic E-state index is 13.2. The van der Waals surface area contributed by atoms with Crippen molar-refractivity contribution >= 4 is 62.6 Å². The lowest BCUT2D eigenvalue weighted by molar-refractivity contribution is 0.103. The zero-order chi connectivity index (χ0) is 25.8. The summed E-state index contributed by atoms with van der Waals surface area (Å²) in [7, 11) is 0. The second kappa shape index (κ2) is 11.1. The number of oxime groups is 1. The number of fused-ring (bicyclic) bond motifs is 3. The van der Waals surface area contributed by atoms with Crippen LogP contribution in [-0.4, -0.2) is 28.7 Å². The Morgan fingerprint density at radius 1 is 0.944 bits per heavy atom. The number of benzene rings is 3. The molecule has 0 aliphatic heterocycles. The largest absolute Gasteiger partial charge is 0.433 e. The molecule has 0 saturated heterocycles. The van der Waals surface area contributed by atoms with Gasteiger partial charge in [-0.05, 0) is 74.4 Å². The summed E-state index contributed by atoms with van der Waals surface area (Å²) in [6.07, 6.45) is 1.29. The summed E-state index contributed by atoms with van der Waals surface area (Å²) < 4.78 is 2.20. The van der Waals surface area contributed by atoms with Crippen LogP contribution in [0.4, 0.5) is 4.79 Å². The van der Waals surface area contributed by atoms with Crippen LogP contribution >= 0.6 is 23.2 Å². The fourth-order valence-electron chi connectivity index (χ4n) is 4.20. The lowest BCUT2D eigenvalue weighted by Crippen LogP contribution is -2.24. The maximum absolute atomic E-state index is 13.2. The molecular formula is C28H27Cl2N3O3. The van der Waals surface area contributed by atoms with Crippen molar-refractivity contribution in [3.05, 3.63) is 81.3 Å². The summed E-state index contributed by atoms with van der Waals surface area (Å²) in [4.78, 5) is 30.1. The van der Waals surface area contributed by atoms with Gasteiger partial charge in [0.1, 0.15) is 0 Å². The first kappa shape index (κ1) is 25.7. The average Bonchev–Trinajstić information content (AvgIpc) is 3.19. The van der Waals surface area contributed by atoms with Crippen molar-refractivity contribution in [1.82, 2.24) is 9.88 Å². The van der Waals surface area contributed by atoms with E-state index in [0.717, 1.165) is 46.8 Å². The zero-order valence-electron chi connectivity index (χ0n) is 20.4. The van der Waals surface area contributed by atoms with E-state index in [1.165, 1.54) is 0 Å². The lowest BCUT2D eigenvalue weighted by atomic mass is 10.0. The number of nitrogens with one attached hydrogen (secondary N) is 1. The molecule has 0 radical (unpaired) electrons. The van der Waals surface area contributed by atoms with Crippen LogP contribution in [0, 0.1) is 0 Å². The van der Waals surface area contributed by atoms with Crippen molar-refractivity contribution in [2.24, 2.45) is 5.16 Å². The predicted molar refractivity (Wildman–Crippen MR) is 147 cm³/mol. The van der Waals surface area contributed by atoms with Gasteiger partial charge in [-0.15, -0.1) is 0 Å². The van der Waals surface area contributed by atoms with E-state index in [4.69, 9.17) is 28.0 Å². The second-order valence-corrected chi connectivity index (χ2v) is 9.34. The van der Waals surface area contributed by atoms with Crippen LogP contribution in [-0.2, 0) is 11.4 Å². The molecule has 3 aromatic carbocycles. The van der Waals surface area contributed by atoms with E-state index in [0.29, 0.717) is 33.4 Å². The quantitative estimate of drug-likeness (QED) is 0.0848. The second-order valence-electron chi connectivity index (χ2n) is 8.50. The van der Waals surface area contributed by atoms with Gasteiger partial charge < -0.3 is 9.88 Å². The number of hydrogen-bond acceptors (Lipinski definition) is 4. The lowest BCUT2D eigenvalue weighted by Gasteiger charge is -2.06. The van der Waals surface area contributed by atoms with E-state index in [9.17, 15) is 9.59 Å². The van der Waals surface area contributed by atoms with Crippen molar-refractivity contribution in [2.45, 2.75) is 40.2 Å². The molecule has 0 atom stereocenters. The van der Waals surface area contributed by atoms with Gasteiger partial charge in [-0.1, -0.05) is 47.8 Å². The van der Waals surface area contributed by atoms with E-state index in [2.05, 4.69) is 22.0 Å². The third kappa shape index (κ3) is 5.25. The Bertz CT molecular complexity index is 1490. The average molecular weight is 524 g/mol. The molecular weight excluding hydrogens is 497 g/mol. The van der Waals surface area contributed by atoms with Crippen LogP contribution in [0.15, 0.2) is 59.8 Å². The zero-order valence-corrected chi connectivity index (χ0v) is 21.9. The minimum Gasteiger partial charge on any atom is -0.341 e. The van der Waals surface area contributed by atoms with Crippen LogP contribution in [0.25, 0.3) is 21.8 Å². The Hall–Kier alpha value is -3.35. The monoisotopic (exact) mass is 523 g/mol. The fourth-order valence-corrected chi connectivity index (χ4v) is 4.70. The minimum atomic E-state index is -0.574. The number of halogens is 2. The molecule has 36 heavy (non-hydrogen) atoms. The maximum Gasteiger partial charge on any atom is 0.433 e. The van der Waals surface area contributed by atoms with Crippen LogP contribution in [0.2, 0.25) is 10.0 Å². The number of hydrogen-bond donors (Lipinski definition) is 1. The van der Waals surface area contributed by atoms with Crippen molar-refractivity contribution in [2.75, 3.05) is 6.54 Å². The van der Waals surface area contributed by atoms with Gasteiger partial charge in [0.15, 0.2) is 5.78 Å². The number of ketones is 1. The summed E-state index contributed by atoms with van der Waals surface area (Å²) in [6, 6.07) is 16.5. The van der Waals surface area contributed by atoms with E-state index in [1.807, 2.05) is 43.3 Å². The highest BCUT2D eigenvalue weighted by Gasteiger charge is 2.17. The number of amides is 1. The van der Waals surface area contributed by atoms with Crippen molar-refractivity contribution in [3.63, 3.8) is 0 Å². The van der Waals surface area contributed by atoms with E-state index in [-0.39, 0.29) is 5.78 Å². The normalized spacial score (nSPS) is 11.8. The summed E-state index contributed by atoms with van der Waals surface area (Å²) in [5.74, 6) is -0.174. The molecule has 0 fully saturated rings. The fraction of sp³-hybridized carbons (Fsp3) is 0.250. The van der Waals surface area contributed by atoms with Gasteiger partial charge in [-0.3, -0.25) is 9.63 Å². The van der Waals surface area contributed by atoms with Gasteiger partial charge in [0, 0.05) is 51.0 Å². The number of carbonyl (C=O) groups excluding carboxylic acids is 2. The molecule has 4 aromatic rings. The summed E-state index contributed by atoms with van der Waals surface area (Å²) in [5.41, 5.74) is 4.37. The molecule has 0 bridgehead atoms. The smallest absolute Gasteiger partial charge is 0.341 e. The number of unbranched alkanes of at least 4 members (excludes halogenated alkanes) is 1. The molecule has 0 aliphatic rings. The molecule has 4 rings (SSSR count). The van der Waals surface area contributed by atoms with Crippen LogP contribution < -0.4 is 5.32 Å². The van der Waals surface area contributed by atoms with Gasteiger partial charge in [-0.25, -0.2) is 4.79 Å². The SMILES string of the molecule is CCCCNC(=O)O/N=C(\C)c1ccc2c(c1)c1cc(C(=O)c3ccc(Cl)cc3Cl)ccc1n2CC. The highest BCUT2D eigenvalue weighted by molar-refractivity contribution is 6.37. The van der Waals surface area contributed by atoms with Gasteiger partial charge in [0.25, 0.3) is 0 Å². The first-order valence-corrected chi connectivity index (χ1v) is 12.6. The molecule has 1 amide bonds. The molecule has 0 spiro atoms. The Morgan fingerprint density at radius 2 is 1.61 bits per heavy atom. The van der Waals surface area contributed by atoms with Gasteiger partial charge in [0.2, 0.25) is 0 Å². The molecule has 8 heteroatoms. The molecule has 1 aromatic heterocycles. The molecule has 6 nitrogen and oxygen atoms in total. The molecule has 0 saturated carbocycles. The third-order valence-electron chi connectivity index (χ3n) is 6.10. The van der Waals surface area contributed by atoms with Crippen LogP contribution in [0.3, 0.4) is 0 Å². The molecule has 0 unspecified atom stereocenters. The van der Waals surface area contributed by atoms with Crippen molar-refractivity contribution < 1.29 is 14.4 Å². The summed E-state index contributed by atoms with van der Waals surface area (Å²) in [5, 5.41) is 9.39. The standard InChI is InChI=1S/C28H27Cl2N3O3/c1-4-6-13-31-28(35)36-32-17(3)18-7-11-25-22(14-18)23-15-19(8-12-26(23)33(25)5-2)27(34)21-10-9-20(29)16-24(21)30/h7-12,14-16H,4-6,13H2,1-3H3,(H,31,35)/b32-17+. The molecule has 0 aliphatic carbocycles.